The number of carbonyl (C=O) groups excluding carboxylic acids is 3. The first-order valence-electron chi connectivity index (χ1n) is 6.29. The van der Waals surface area contributed by atoms with Crippen molar-refractivity contribution in [2.24, 2.45) is 5.92 Å². The van der Waals surface area contributed by atoms with E-state index in [1.54, 1.807) is 0 Å². The van der Waals surface area contributed by atoms with Crippen LogP contribution in [0.3, 0.4) is 0 Å². The van der Waals surface area contributed by atoms with E-state index in [4.69, 9.17) is 0 Å². The van der Waals surface area contributed by atoms with Crippen molar-refractivity contribution in [3.8, 4) is 0 Å². The molecule has 0 aromatic rings. The first-order valence-corrected chi connectivity index (χ1v) is 6.29. The van der Waals surface area contributed by atoms with Crippen molar-refractivity contribution in [2.45, 2.75) is 59.3 Å². The van der Waals surface area contributed by atoms with Gasteiger partial charge in [-0.15, -0.1) is 0 Å². The lowest BCUT2D eigenvalue weighted by Crippen LogP contribution is -2.27. The fraction of sp³-hybridized carbons (Fsp3) is 0.769. The number of ketones is 1. The molecule has 0 heterocycles. The monoisotopic (exact) mass is 242 g/mol. The van der Waals surface area contributed by atoms with Crippen LogP contribution in [0.25, 0.3) is 0 Å². The first-order chi connectivity index (χ1) is 8.02. The van der Waals surface area contributed by atoms with Crippen LogP contribution in [0, 0.1) is 5.92 Å². The predicted molar refractivity (Wildman–Crippen MR) is 64.3 cm³/mol. The van der Waals surface area contributed by atoms with Crippen LogP contribution in [-0.2, 0) is 19.1 Å². The molecule has 0 bridgehead atoms. The molecule has 0 rings (SSSR count). The largest absolute Gasteiger partial charge is 0.387 e. The lowest BCUT2D eigenvalue weighted by atomic mass is 9.92. The number of carbonyl (C=O) groups is 3. The minimum atomic E-state index is -1.00. The molecular formula is C13H22O4. The van der Waals surface area contributed by atoms with E-state index < -0.39 is 17.7 Å². The summed E-state index contributed by atoms with van der Waals surface area (Å²) in [4.78, 5) is 33.7. The molecule has 0 atom stereocenters. The average Bonchev–Trinajstić information content (AvgIpc) is 2.27. The number of esters is 2. The third-order valence-corrected chi connectivity index (χ3v) is 2.62. The van der Waals surface area contributed by atoms with E-state index >= 15 is 0 Å². The highest BCUT2D eigenvalue weighted by atomic mass is 16.6. The van der Waals surface area contributed by atoms with Crippen LogP contribution in [0.15, 0.2) is 0 Å². The van der Waals surface area contributed by atoms with E-state index in [2.05, 4.69) is 4.74 Å². The van der Waals surface area contributed by atoms with E-state index in [-0.39, 0.29) is 5.92 Å². The van der Waals surface area contributed by atoms with Crippen LogP contribution in [-0.4, -0.2) is 17.7 Å². The second-order valence-electron chi connectivity index (χ2n) is 4.23. The molecule has 98 valence electrons. The third-order valence-electron chi connectivity index (χ3n) is 2.62. The Hall–Kier alpha value is -1.19. The van der Waals surface area contributed by atoms with Gasteiger partial charge in [0.15, 0.2) is 0 Å². The normalized spacial score (nSPS) is 10.4. The Labute approximate surface area is 103 Å². The van der Waals surface area contributed by atoms with Crippen molar-refractivity contribution in [2.75, 3.05) is 0 Å². The quantitative estimate of drug-likeness (QED) is 0.373. The summed E-state index contributed by atoms with van der Waals surface area (Å²) in [6, 6.07) is 0. The standard InChI is InChI=1S/C13H22O4/c1-4-6-8-11(9-7-5-2)12(15)13(16)17-10(3)14/h11H,4-9H2,1-3H3. The Morgan fingerprint density at radius 3 is 1.82 bits per heavy atom. The van der Waals surface area contributed by atoms with Crippen molar-refractivity contribution in [1.29, 1.82) is 0 Å². The molecule has 0 amide bonds. The Bertz CT molecular complexity index is 263. The molecule has 0 saturated carbocycles. The van der Waals surface area contributed by atoms with Gasteiger partial charge >= 0.3 is 11.9 Å². The highest BCUT2D eigenvalue weighted by Gasteiger charge is 2.26. The molecule has 0 radical (unpaired) electrons. The maximum atomic E-state index is 11.8. The highest BCUT2D eigenvalue weighted by molar-refractivity contribution is 6.35. The summed E-state index contributed by atoms with van der Waals surface area (Å²) in [6.07, 6.45) is 5.18. The summed E-state index contributed by atoms with van der Waals surface area (Å²) >= 11 is 0. The number of Topliss-reactive ketones (excluding diaryl/α,β-unsaturated/α-hetero) is 1. The zero-order chi connectivity index (χ0) is 13.3. The maximum Gasteiger partial charge on any atom is 0.382 e. The molecule has 0 aliphatic rings. The molecule has 0 aliphatic carbocycles. The summed E-state index contributed by atoms with van der Waals surface area (Å²) in [5.74, 6) is -2.58. The zero-order valence-corrected chi connectivity index (χ0v) is 11.0. The van der Waals surface area contributed by atoms with Crippen molar-refractivity contribution in [1.82, 2.24) is 0 Å². The highest BCUT2D eigenvalue weighted by Crippen LogP contribution is 2.18. The summed E-state index contributed by atoms with van der Waals surface area (Å²) < 4.78 is 4.33. The molecule has 0 aromatic heterocycles. The summed E-state index contributed by atoms with van der Waals surface area (Å²) in [5.41, 5.74) is 0. The maximum absolute atomic E-state index is 11.8. The van der Waals surface area contributed by atoms with E-state index in [1.165, 1.54) is 0 Å². The zero-order valence-electron chi connectivity index (χ0n) is 11.0. The Balaban J connectivity index is 4.38. The molecule has 0 aliphatic heterocycles. The SMILES string of the molecule is CCCCC(CCCC)C(=O)C(=O)OC(C)=O. The van der Waals surface area contributed by atoms with Gasteiger partial charge in [-0.3, -0.25) is 9.59 Å². The van der Waals surface area contributed by atoms with E-state index in [1.807, 2.05) is 13.8 Å². The first kappa shape index (κ1) is 15.8. The minimum absolute atomic E-state index is 0.290. The van der Waals surface area contributed by atoms with Crippen LogP contribution >= 0.6 is 0 Å². The Kier molecular flexibility index (Phi) is 8.28. The van der Waals surface area contributed by atoms with E-state index in [9.17, 15) is 14.4 Å². The van der Waals surface area contributed by atoms with E-state index in [0.29, 0.717) is 12.8 Å². The van der Waals surface area contributed by atoms with Gasteiger partial charge in [0.25, 0.3) is 0 Å². The fourth-order valence-electron chi connectivity index (χ4n) is 1.66. The predicted octanol–water partition coefficient (Wildman–Crippen LogP) is 2.64. The topological polar surface area (TPSA) is 60.4 Å². The number of hydrogen-bond donors (Lipinski definition) is 0. The number of unbranched alkanes of at least 4 members (excludes halogenated alkanes) is 2. The van der Waals surface area contributed by atoms with Gasteiger partial charge in [-0.25, -0.2) is 4.79 Å². The molecular weight excluding hydrogens is 220 g/mol. The van der Waals surface area contributed by atoms with Crippen LogP contribution in [0.5, 0.6) is 0 Å². The number of rotatable bonds is 8. The van der Waals surface area contributed by atoms with Crippen molar-refractivity contribution in [3.05, 3.63) is 0 Å². The second kappa shape index (κ2) is 8.90. The summed E-state index contributed by atoms with van der Waals surface area (Å²) in [7, 11) is 0. The van der Waals surface area contributed by atoms with E-state index in [0.717, 1.165) is 32.6 Å². The van der Waals surface area contributed by atoms with Gasteiger partial charge in [0.1, 0.15) is 0 Å². The molecule has 4 nitrogen and oxygen atoms in total. The van der Waals surface area contributed by atoms with Gasteiger partial charge in [-0.05, 0) is 12.8 Å². The van der Waals surface area contributed by atoms with Crippen LogP contribution in [0.4, 0.5) is 0 Å². The molecule has 0 spiro atoms. The van der Waals surface area contributed by atoms with Gasteiger partial charge in [-0.1, -0.05) is 39.5 Å². The molecule has 0 unspecified atom stereocenters. The van der Waals surface area contributed by atoms with Gasteiger partial charge in [0.2, 0.25) is 5.78 Å². The van der Waals surface area contributed by atoms with Crippen molar-refractivity contribution >= 4 is 17.7 Å². The fourth-order valence-corrected chi connectivity index (χ4v) is 1.66. The molecule has 4 heteroatoms. The van der Waals surface area contributed by atoms with Crippen molar-refractivity contribution < 1.29 is 19.1 Å². The van der Waals surface area contributed by atoms with Crippen LogP contribution < -0.4 is 0 Å². The third kappa shape index (κ3) is 6.87. The Morgan fingerprint density at radius 1 is 1.00 bits per heavy atom. The number of ether oxygens (including phenoxy) is 1. The van der Waals surface area contributed by atoms with Gasteiger partial charge in [0, 0.05) is 12.8 Å². The summed E-state index contributed by atoms with van der Waals surface area (Å²) in [6.45, 7) is 5.20. The van der Waals surface area contributed by atoms with Gasteiger partial charge in [0.05, 0.1) is 0 Å². The van der Waals surface area contributed by atoms with Gasteiger partial charge < -0.3 is 4.74 Å². The smallest absolute Gasteiger partial charge is 0.382 e. The van der Waals surface area contributed by atoms with Crippen LogP contribution in [0.1, 0.15) is 59.3 Å². The lowest BCUT2D eigenvalue weighted by Gasteiger charge is -2.13. The average molecular weight is 242 g/mol. The second-order valence-corrected chi connectivity index (χ2v) is 4.23. The minimum Gasteiger partial charge on any atom is -0.387 e. The molecule has 0 saturated heterocycles. The van der Waals surface area contributed by atoms with Crippen molar-refractivity contribution in [3.63, 3.8) is 0 Å². The van der Waals surface area contributed by atoms with Crippen LogP contribution in [0.2, 0.25) is 0 Å². The Morgan fingerprint density at radius 2 is 1.47 bits per heavy atom. The van der Waals surface area contributed by atoms with Gasteiger partial charge in [-0.2, -0.15) is 0 Å². The lowest BCUT2D eigenvalue weighted by molar-refractivity contribution is -0.164. The molecule has 0 aromatic carbocycles. The number of hydrogen-bond acceptors (Lipinski definition) is 4. The molecule has 0 fully saturated rings. The molecule has 0 N–H and O–H groups in total. The summed E-state index contributed by atoms with van der Waals surface area (Å²) in [5, 5.41) is 0. The molecule has 17 heavy (non-hydrogen) atoms.